The van der Waals surface area contributed by atoms with Crippen molar-refractivity contribution in [2.24, 2.45) is 0 Å². The van der Waals surface area contributed by atoms with Gasteiger partial charge < -0.3 is 0 Å². The number of halogens is 1. The highest BCUT2D eigenvalue weighted by Crippen LogP contribution is 2.11. The molecule has 12 heavy (non-hydrogen) atoms. The quantitative estimate of drug-likeness (QED) is 0.737. The first-order valence-electron chi connectivity index (χ1n) is 3.27. The standard InChI is InChI=1S/C8H8ClO2S/c1-12(10,11)6-7-2-4-8(9)5-3-7/h2-5H,1,6H2. The lowest BCUT2D eigenvalue weighted by molar-refractivity contribution is 0.603. The van der Waals surface area contributed by atoms with Crippen LogP contribution in [0.4, 0.5) is 0 Å². The molecule has 0 atom stereocenters. The van der Waals surface area contributed by atoms with Crippen molar-refractivity contribution in [2.45, 2.75) is 5.75 Å². The number of hydrogen-bond acceptors (Lipinski definition) is 2. The molecule has 0 unspecified atom stereocenters. The number of hydrogen-bond donors (Lipinski definition) is 0. The van der Waals surface area contributed by atoms with Gasteiger partial charge in [-0.05, 0) is 17.7 Å². The molecule has 0 amide bonds. The van der Waals surface area contributed by atoms with Gasteiger partial charge in [0, 0.05) is 5.02 Å². The van der Waals surface area contributed by atoms with Gasteiger partial charge in [-0.15, -0.1) is 0 Å². The second-order valence-electron chi connectivity index (χ2n) is 2.51. The van der Waals surface area contributed by atoms with Crippen molar-refractivity contribution < 1.29 is 8.42 Å². The highest BCUT2D eigenvalue weighted by molar-refractivity contribution is 7.91. The maximum Gasteiger partial charge on any atom is 0.155 e. The Balaban J connectivity index is 2.85. The summed E-state index contributed by atoms with van der Waals surface area (Å²) in [4.78, 5) is 0. The van der Waals surface area contributed by atoms with Crippen LogP contribution in [-0.2, 0) is 15.6 Å². The second kappa shape index (κ2) is 3.46. The lowest BCUT2D eigenvalue weighted by Crippen LogP contribution is -1.97. The van der Waals surface area contributed by atoms with Crippen LogP contribution in [0.15, 0.2) is 24.3 Å². The van der Waals surface area contributed by atoms with Gasteiger partial charge in [0.15, 0.2) is 9.84 Å². The Kier molecular flexibility index (Phi) is 2.75. The van der Waals surface area contributed by atoms with Crippen LogP contribution in [0.5, 0.6) is 0 Å². The first-order chi connectivity index (χ1) is 5.47. The molecule has 0 spiro atoms. The molecule has 0 heterocycles. The first kappa shape index (κ1) is 9.55. The molecule has 0 fully saturated rings. The zero-order valence-electron chi connectivity index (χ0n) is 6.33. The summed E-state index contributed by atoms with van der Waals surface area (Å²) in [6.07, 6.45) is 3.03. The average Bonchev–Trinajstić information content (AvgIpc) is 1.91. The van der Waals surface area contributed by atoms with Gasteiger partial charge in [-0.2, -0.15) is 0 Å². The Morgan fingerprint density at radius 1 is 1.25 bits per heavy atom. The molecule has 1 aromatic carbocycles. The summed E-state index contributed by atoms with van der Waals surface area (Å²) in [5.74, 6) is -0.0375. The van der Waals surface area contributed by atoms with Crippen molar-refractivity contribution in [1.29, 1.82) is 0 Å². The molecule has 0 aliphatic rings. The van der Waals surface area contributed by atoms with E-state index in [0.717, 1.165) is 0 Å². The zero-order valence-corrected chi connectivity index (χ0v) is 7.90. The minimum absolute atomic E-state index is 0.0375. The third-order valence-electron chi connectivity index (χ3n) is 1.30. The predicted octanol–water partition coefficient (Wildman–Crippen LogP) is 2.05. The third-order valence-corrected chi connectivity index (χ3v) is 2.32. The maximum absolute atomic E-state index is 10.7. The minimum Gasteiger partial charge on any atom is -0.228 e. The fourth-order valence-corrected chi connectivity index (χ4v) is 1.66. The molecule has 1 radical (unpaired) electrons. The van der Waals surface area contributed by atoms with Crippen LogP contribution in [0.2, 0.25) is 5.02 Å². The van der Waals surface area contributed by atoms with Crippen molar-refractivity contribution in [3.8, 4) is 0 Å². The third kappa shape index (κ3) is 3.24. The SMILES string of the molecule is [CH2]S(=O)(=O)Cc1ccc(Cl)cc1. The molecule has 1 aromatic rings. The molecule has 1 rings (SSSR count). The molecule has 0 saturated heterocycles. The molecule has 65 valence electrons. The van der Waals surface area contributed by atoms with Crippen LogP contribution in [0, 0.1) is 6.26 Å². The van der Waals surface area contributed by atoms with Crippen molar-refractivity contribution >= 4 is 21.4 Å². The lowest BCUT2D eigenvalue weighted by Gasteiger charge is -1.97. The second-order valence-corrected chi connectivity index (χ2v) is 4.73. The Labute approximate surface area is 77.1 Å². The molecule has 0 aliphatic carbocycles. The molecule has 0 aliphatic heterocycles. The van der Waals surface area contributed by atoms with E-state index < -0.39 is 9.84 Å². The monoisotopic (exact) mass is 203 g/mol. The molecule has 0 saturated carbocycles. The number of benzene rings is 1. The largest absolute Gasteiger partial charge is 0.228 e. The van der Waals surface area contributed by atoms with E-state index in [4.69, 9.17) is 11.6 Å². The molecule has 2 nitrogen and oxygen atoms in total. The first-order valence-corrected chi connectivity index (χ1v) is 5.47. The van der Waals surface area contributed by atoms with Crippen molar-refractivity contribution in [1.82, 2.24) is 0 Å². The van der Waals surface area contributed by atoms with E-state index in [1.54, 1.807) is 24.3 Å². The van der Waals surface area contributed by atoms with E-state index in [2.05, 4.69) is 6.26 Å². The van der Waals surface area contributed by atoms with Crippen LogP contribution >= 0.6 is 11.6 Å². The van der Waals surface area contributed by atoms with E-state index in [-0.39, 0.29) is 5.75 Å². The van der Waals surface area contributed by atoms with Crippen molar-refractivity contribution in [3.05, 3.63) is 41.1 Å². The molecule has 0 aromatic heterocycles. The summed E-state index contributed by atoms with van der Waals surface area (Å²) in [6, 6.07) is 6.65. The lowest BCUT2D eigenvalue weighted by atomic mass is 10.2. The normalized spacial score (nSPS) is 11.5. The number of sulfone groups is 1. The average molecular weight is 204 g/mol. The van der Waals surface area contributed by atoms with Crippen LogP contribution in [0.25, 0.3) is 0 Å². The van der Waals surface area contributed by atoms with Gasteiger partial charge >= 0.3 is 0 Å². The van der Waals surface area contributed by atoms with Gasteiger partial charge in [-0.1, -0.05) is 23.7 Å². The molecular formula is C8H8ClO2S. The predicted molar refractivity (Wildman–Crippen MR) is 49.4 cm³/mol. The summed E-state index contributed by atoms with van der Waals surface area (Å²) >= 11 is 5.62. The minimum atomic E-state index is -3.18. The van der Waals surface area contributed by atoms with Gasteiger partial charge in [0.1, 0.15) is 0 Å². The zero-order chi connectivity index (χ0) is 9.19. The van der Waals surface area contributed by atoms with Crippen LogP contribution < -0.4 is 0 Å². The van der Waals surface area contributed by atoms with Crippen LogP contribution in [0.1, 0.15) is 5.56 Å². The highest BCUT2D eigenvalue weighted by Gasteiger charge is 2.03. The van der Waals surface area contributed by atoms with E-state index in [1.807, 2.05) is 0 Å². The highest BCUT2D eigenvalue weighted by atomic mass is 35.5. The smallest absolute Gasteiger partial charge is 0.155 e. The Bertz CT molecular complexity index is 353. The molecule has 0 bridgehead atoms. The summed E-state index contributed by atoms with van der Waals surface area (Å²) in [6.45, 7) is 0. The Morgan fingerprint density at radius 2 is 1.75 bits per heavy atom. The number of rotatable bonds is 2. The van der Waals surface area contributed by atoms with E-state index in [1.165, 1.54) is 0 Å². The van der Waals surface area contributed by atoms with Gasteiger partial charge in [-0.3, -0.25) is 0 Å². The molecule has 4 heteroatoms. The van der Waals surface area contributed by atoms with Gasteiger partial charge in [0.2, 0.25) is 0 Å². The van der Waals surface area contributed by atoms with Crippen molar-refractivity contribution in [2.75, 3.05) is 0 Å². The maximum atomic E-state index is 10.7. The summed E-state index contributed by atoms with van der Waals surface area (Å²) in [5, 5.41) is 0.597. The Morgan fingerprint density at radius 3 is 2.17 bits per heavy atom. The fraction of sp³-hybridized carbons (Fsp3) is 0.125. The van der Waals surface area contributed by atoms with Gasteiger partial charge in [0.05, 0.1) is 12.0 Å². The van der Waals surface area contributed by atoms with Gasteiger partial charge in [-0.25, -0.2) is 8.42 Å². The van der Waals surface area contributed by atoms with E-state index in [0.29, 0.717) is 10.6 Å². The van der Waals surface area contributed by atoms with E-state index >= 15 is 0 Å². The van der Waals surface area contributed by atoms with Crippen LogP contribution in [-0.4, -0.2) is 8.42 Å². The summed E-state index contributed by atoms with van der Waals surface area (Å²) < 4.78 is 21.5. The Hall–Kier alpha value is -0.540. The van der Waals surface area contributed by atoms with Gasteiger partial charge in [0.25, 0.3) is 0 Å². The van der Waals surface area contributed by atoms with Crippen LogP contribution in [0.3, 0.4) is 0 Å². The molecule has 0 N–H and O–H groups in total. The van der Waals surface area contributed by atoms with E-state index in [9.17, 15) is 8.42 Å². The summed E-state index contributed by atoms with van der Waals surface area (Å²) in [5.41, 5.74) is 0.703. The summed E-state index contributed by atoms with van der Waals surface area (Å²) in [7, 11) is -3.18. The molecular weight excluding hydrogens is 196 g/mol. The topological polar surface area (TPSA) is 34.1 Å². The van der Waals surface area contributed by atoms with Crippen molar-refractivity contribution in [3.63, 3.8) is 0 Å². The fourth-order valence-electron chi connectivity index (χ4n) is 0.835.